The molecule has 1 aromatic heterocycles. The van der Waals surface area contributed by atoms with Gasteiger partial charge in [0.1, 0.15) is 5.82 Å². The van der Waals surface area contributed by atoms with Crippen LogP contribution < -0.4 is 11.1 Å². The molecule has 1 amide bonds. The van der Waals surface area contributed by atoms with Gasteiger partial charge in [-0.3, -0.25) is 4.79 Å². The Morgan fingerprint density at radius 3 is 2.68 bits per heavy atom. The number of nitrogens with one attached hydrogen (secondary N) is 1. The molecule has 0 radical (unpaired) electrons. The third-order valence-corrected chi connectivity index (χ3v) is 3.02. The van der Waals surface area contributed by atoms with Crippen molar-refractivity contribution >= 4 is 11.7 Å². The van der Waals surface area contributed by atoms with E-state index in [0.717, 1.165) is 0 Å². The topological polar surface area (TPSA) is 68.0 Å². The number of nitrogens with two attached hydrogens (primary N) is 1. The molecule has 2 rings (SSSR count). The SMILES string of the molecule is CC(CNC(=O)c1cccnc1N)c1ccccc1. The third kappa shape index (κ3) is 3.31. The molecule has 0 bridgehead atoms. The van der Waals surface area contributed by atoms with Crippen LogP contribution in [0.5, 0.6) is 0 Å². The van der Waals surface area contributed by atoms with Gasteiger partial charge in [0.05, 0.1) is 5.56 Å². The summed E-state index contributed by atoms with van der Waals surface area (Å²) in [5.74, 6) is 0.323. The van der Waals surface area contributed by atoms with Crippen molar-refractivity contribution in [3.05, 3.63) is 59.8 Å². The van der Waals surface area contributed by atoms with Crippen molar-refractivity contribution in [1.29, 1.82) is 0 Å². The zero-order valence-corrected chi connectivity index (χ0v) is 10.8. The van der Waals surface area contributed by atoms with Crippen LogP contribution in [0.15, 0.2) is 48.7 Å². The van der Waals surface area contributed by atoms with E-state index in [1.165, 1.54) is 5.56 Å². The summed E-state index contributed by atoms with van der Waals surface area (Å²) in [4.78, 5) is 15.9. The molecule has 1 heterocycles. The molecule has 0 saturated heterocycles. The van der Waals surface area contributed by atoms with Crippen molar-refractivity contribution in [1.82, 2.24) is 10.3 Å². The van der Waals surface area contributed by atoms with Crippen molar-refractivity contribution in [3.8, 4) is 0 Å². The zero-order chi connectivity index (χ0) is 13.7. The van der Waals surface area contributed by atoms with E-state index >= 15 is 0 Å². The molecular weight excluding hydrogens is 238 g/mol. The molecule has 1 aromatic carbocycles. The number of hydrogen-bond acceptors (Lipinski definition) is 3. The average Bonchev–Trinajstić information content (AvgIpc) is 2.46. The van der Waals surface area contributed by atoms with E-state index in [-0.39, 0.29) is 17.6 Å². The molecule has 0 saturated carbocycles. The summed E-state index contributed by atoms with van der Waals surface area (Å²) in [6.07, 6.45) is 1.57. The molecule has 1 atom stereocenters. The number of pyridine rings is 1. The van der Waals surface area contributed by atoms with Crippen molar-refractivity contribution in [3.63, 3.8) is 0 Å². The first-order chi connectivity index (χ1) is 9.18. The van der Waals surface area contributed by atoms with Crippen LogP contribution in [0.2, 0.25) is 0 Å². The normalized spacial score (nSPS) is 11.8. The fourth-order valence-electron chi connectivity index (χ4n) is 1.85. The lowest BCUT2D eigenvalue weighted by atomic mass is 10.0. The minimum absolute atomic E-state index is 0.187. The lowest BCUT2D eigenvalue weighted by molar-refractivity contribution is 0.0952. The van der Waals surface area contributed by atoms with Gasteiger partial charge in [0.15, 0.2) is 0 Å². The molecular formula is C15H17N3O. The Kier molecular flexibility index (Phi) is 4.13. The van der Waals surface area contributed by atoms with Gasteiger partial charge in [-0.05, 0) is 23.6 Å². The number of aromatic nitrogens is 1. The summed E-state index contributed by atoms with van der Waals surface area (Å²) >= 11 is 0. The van der Waals surface area contributed by atoms with E-state index in [2.05, 4.69) is 29.4 Å². The van der Waals surface area contributed by atoms with Crippen molar-refractivity contribution in [2.75, 3.05) is 12.3 Å². The van der Waals surface area contributed by atoms with Gasteiger partial charge in [-0.15, -0.1) is 0 Å². The summed E-state index contributed by atoms with van der Waals surface area (Å²) in [6, 6.07) is 13.4. The van der Waals surface area contributed by atoms with Crippen LogP contribution in [0.4, 0.5) is 5.82 Å². The number of anilines is 1. The van der Waals surface area contributed by atoms with Gasteiger partial charge in [-0.1, -0.05) is 37.3 Å². The highest BCUT2D eigenvalue weighted by Crippen LogP contribution is 2.14. The van der Waals surface area contributed by atoms with Gasteiger partial charge in [-0.2, -0.15) is 0 Å². The molecule has 4 nitrogen and oxygen atoms in total. The quantitative estimate of drug-likeness (QED) is 0.880. The van der Waals surface area contributed by atoms with Gasteiger partial charge in [-0.25, -0.2) is 4.98 Å². The fourth-order valence-corrected chi connectivity index (χ4v) is 1.85. The second-order valence-corrected chi connectivity index (χ2v) is 4.46. The Balaban J connectivity index is 1.96. The summed E-state index contributed by atoms with van der Waals surface area (Å²) in [5.41, 5.74) is 7.28. The Hall–Kier alpha value is -2.36. The number of rotatable bonds is 4. The maximum absolute atomic E-state index is 12.0. The van der Waals surface area contributed by atoms with E-state index in [1.54, 1.807) is 18.3 Å². The van der Waals surface area contributed by atoms with Crippen LogP contribution in [0, 0.1) is 0 Å². The van der Waals surface area contributed by atoms with Crippen molar-refractivity contribution in [2.45, 2.75) is 12.8 Å². The minimum Gasteiger partial charge on any atom is -0.383 e. The molecule has 3 N–H and O–H groups in total. The largest absolute Gasteiger partial charge is 0.383 e. The molecule has 4 heteroatoms. The van der Waals surface area contributed by atoms with Crippen LogP contribution in [-0.4, -0.2) is 17.4 Å². The maximum atomic E-state index is 12.0. The molecule has 0 fully saturated rings. The Labute approximate surface area is 112 Å². The Morgan fingerprint density at radius 1 is 1.26 bits per heavy atom. The second-order valence-electron chi connectivity index (χ2n) is 4.46. The fraction of sp³-hybridized carbons (Fsp3) is 0.200. The Morgan fingerprint density at radius 2 is 2.00 bits per heavy atom. The van der Waals surface area contributed by atoms with Gasteiger partial charge in [0, 0.05) is 12.7 Å². The maximum Gasteiger partial charge on any atom is 0.255 e. The highest BCUT2D eigenvalue weighted by Gasteiger charge is 2.11. The van der Waals surface area contributed by atoms with Crippen LogP contribution in [-0.2, 0) is 0 Å². The van der Waals surface area contributed by atoms with E-state index in [1.807, 2.05) is 18.2 Å². The highest BCUT2D eigenvalue weighted by atomic mass is 16.1. The van der Waals surface area contributed by atoms with Crippen LogP contribution in [0.1, 0.15) is 28.8 Å². The van der Waals surface area contributed by atoms with Crippen molar-refractivity contribution in [2.24, 2.45) is 0 Å². The number of benzene rings is 1. The lowest BCUT2D eigenvalue weighted by Gasteiger charge is -2.13. The Bertz CT molecular complexity index is 554. The van der Waals surface area contributed by atoms with E-state index < -0.39 is 0 Å². The van der Waals surface area contributed by atoms with Crippen molar-refractivity contribution < 1.29 is 4.79 Å². The molecule has 0 aliphatic heterocycles. The molecule has 98 valence electrons. The zero-order valence-electron chi connectivity index (χ0n) is 10.8. The summed E-state index contributed by atoms with van der Waals surface area (Å²) in [6.45, 7) is 2.64. The first-order valence-electron chi connectivity index (χ1n) is 6.22. The van der Waals surface area contributed by atoms with E-state index in [0.29, 0.717) is 12.1 Å². The van der Waals surface area contributed by atoms with Crippen LogP contribution in [0.3, 0.4) is 0 Å². The van der Waals surface area contributed by atoms with E-state index in [9.17, 15) is 4.79 Å². The molecule has 0 aliphatic carbocycles. The lowest BCUT2D eigenvalue weighted by Crippen LogP contribution is -2.28. The highest BCUT2D eigenvalue weighted by molar-refractivity contribution is 5.98. The number of nitrogen functional groups attached to an aromatic ring is 1. The van der Waals surface area contributed by atoms with Crippen LogP contribution >= 0.6 is 0 Å². The number of nitrogens with zero attached hydrogens (tertiary/aromatic N) is 1. The molecule has 0 spiro atoms. The summed E-state index contributed by atoms with van der Waals surface area (Å²) in [7, 11) is 0. The second kappa shape index (κ2) is 6.00. The molecule has 2 aromatic rings. The number of hydrogen-bond donors (Lipinski definition) is 2. The van der Waals surface area contributed by atoms with Gasteiger partial charge in [0.25, 0.3) is 5.91 Å². The van der Waals surface area contributed by atoms with E-state index in [4.69, 9.17) is 5.73 Å². The van der Waals surface area contributed by atoms with Gasteiger partial charge < -0.3 is 11.1 Å². The third-order valence-electron chi connectivity index (χ3n) is 3.02. The summed E-state index contributed by atoms with van der Waals surface area (Å²) in [5, 5.41) is 2.88. The first kappa shape index (κ1) is 13.1. The number of carbonyl (C=O) groups is 1. The monoisotopic (exact) mass is 255 g/mol. The predicted molar refractivity (Wildman–Crippen MR) is 75.8 cm³/mol. The molecule has 19 heavy (non-hydrogen) atoms. The van der Waals surface area contributed by atoms with Gasteiger partial charge in [0.2, 0.25) is 0 Å². The molecule has 1 unspecified atom stereocenters. The van der Waals surface area contributed by atoms with Gasteiger partial charge >= 0.3 is 0 Å². The van der Waals surface area contributed by atoms with Crippen LogP contribution in [0.25, 0.3) is 0 Å². The smallest absolute Gasteiger partial charge is 0.255 e. The first-order valence-corrected chi connectivity index (χ1v) is 6.22. The average molecular weight is 255 g/mol. The molecule has 0 aliphatic rings. The summed E-state index contributed by atoms with van der Waals surface area (Å²) < 4.78 is 0. The standard InChI is InChI=1S/C15H17N3O/c1-11(12-6-3-2-4-7-12)10-18-15(19)13-8-5-9-17-14(13)16/h2-9,11H,10H2,1H3,(H2,16,17)(H,18,19). The predicted octanol–water partition coefficient (Wildman–Crippen LogP) is 2.20. The minimum atomic E-state index is -0.187. The number of carbonyl (C=O) groups excluding carboxylic acids is 1. The number of amides is 1.